The quantitative estimate of drug-likeness (QED) is 0.653. The molecule has 0 saturated heterocycles. The Morgan fingerprint density at radius 2 is 1.81 bits per heavy atom. The molecule has 27 heavy (non-hydrogen) atoms. The van der Waals surface area contributed by atoms with E-state index in [0.29, 0.717) is 12.0 Å². The molecule has 0 aliphatic rings. The van der Waals surface area contributed by atoms with Gasteiger partial charge in [0.05, 0.1) is 18.2 Å². The average molecular weight is 362 g/mol. The van der Waals surface area contributed by atoms with Crippen molar-refractivity contribution in [3.63, 3.8) is 0 Å². The topological polar surface area (TPSA) is 68.3 Å². The van der Waals surface area contributed by atoms with E-state index in [1.54, 1.807) is 6.07 Å². The molecule has 0 spiro atoms. The zero-order valence-electron chi connectivity index (χ0n) is 15.2. The zero-order chi connectivity index (χ0) is 19.1. The van der Waals surface area contributed by atoms with Gasteiger partial charge < -0.3 is 10.1 Å². The standard InChI is InChI=1S/C22H22N2O3/c1-27-22(26)20(13-7-10-16-8-3-2-4-9-16)24-21(25)18-14-17-11-5-6-12-19(17)23-15-18/h2-6,8-9,11-12,14-15,20H,7,10,13H2,1H3,(H,24,25)/t20-/m1/s1. The Bertz CT molecular complexity index is 925. The first kappa shape index (κ1) is 18.6. The van der Waals surface area contributed by atoms with E-state index >= 15 is 0 Å². The van der Waals surface area contributed by atoms with Crippen molar-refractivity contribution < 1.29 is 14.3 Å². The Kier molecular flexibility index (Phi) is 6.15. The summed E-state index contributed by atoms with van der Waals surface area (Å²) in [6, 6.07) is 18.7. The van der Waals surface area contributed by atoms with Crippen molar-refractivity contribution in [3.8, 4) is 0 Å². The third-order valence-electron chi connectivity index (χ3n) is 4.44. The van der Waals surface area contributed by atoms with E-state index in [9.17, 15) is 9.59 Å². The van der Waals surface area contributed by atoms with Crippen molar-refractivity contribution in [2.24, 2.45) is 0 Å². The number of hydrogen-bond acceptors (Lipinski definition) is 4. The summed E-state index contributed by atoms with van der Waals surface area (Å²) in [5, 5.41) is 3.66. The summed E-state index contributed by atoms with van der Waals surface area (Å²) in [7, 11) is 1.33. The van der Waals surface area contributed by atoms with E-state index in [1.807, 2.05) is 54.6 Å². The molecule has 3 aromatic rings. The number of pyridine rings is 1. The molecule has 0 bridgehead atoms. The van der Waals surface area contributed by atoms with Crippen LogP contribution in [0.2, 0.25) is 0 Å². The molecule has 2 aromatic carbocycles. The lowest BCUT2D eigenvalue weighted by Crippen LogP contribution is -2.41. The minimum atomic E-state index is -0.683. The second-order valence-electron chi connectivity index (χ2n) is 6.34. The minimum Gasteiger partial charge on any atom is -0.467 e. The molecule has 0 aliphatic carbocycles. The van der Waals surface area contributed by atoms with Crippen LogP contribution in [0.25, 0.3) is 10.9 Å². The lowest BCUT2D eigenvalue weighted by atomic mass is 10.0. The predicted molar refractivity (Wildman–Crippen MR) is 104 cm³/mol. The maximum absolute atomic E-state index is 12.6. The van der Waals surface area contributed by atoms with E-state index < -0.39 is 12.0 Å². The third-order valence-corrected chi connectivity index (χ3v) is 4.44. The van der Waals surface area contributed by atoms with Crippen LogP contribution in [0.15, 0.2) is 66.9 Å². The van der Waals surface area contributed by atoms with Gasteiger partial charge in [-0.2, -0.15) is 0 Å². The van der Waals surface area contributed by atoms with Gasteiger partial charge in [-0.3, -0.25) is 9.78 Å². The first-order valence-electron chi connectivity index (χ1n) is 8.95. The molecule has 1 amide bonds. The van der Waals surface area contributed by atoms with Crippen LogP contribution < -0.4 is 5.32 Å². The summed E-state index contributed by atoms with van der Waals surface area (Å²) in [5.74, 6) is -0.770. The number of nitrogens with one attached hydrogen (secondary N) is 1. The molecule has 138 valence electrons. The summed E-state index contributed by atoms with van der Waals surface area (Å²) < 4.78 is 4.85. The summed E-state index contributed by atoms with van der Waals surface area (Å²) in [5.41, 5.74) is 2.44. The fourth-order valence-electron chi connectivity index (χ4n) is 2.98. The van der Waals surface area contributed by atoms with E-state index in [0.717, 1.165) is 23.7 Å². The predicted octanol–water partition coefficient (Wildman–Crippen LogP) is 3.53. The number of ether oxygens (including phenoxy) is 1. The van der Waals surface area contributed by atoms with E-state index in [4.69, 9.17) is 4.74 Å². The van der Waals surface area contributed by atoms with Crippen molar-refractivity contribution in [1.82, 2.24) is 10.3 Å². The van der Waals surface area contributed by atoms with Crippen molar-refractivity contribution >= 4 is 22.8 Å². The molecule has 5 heteroatoms. The number of amides is 1. The zero-order valence-corrected chi connectivity index (χ0v) is 15.2. The van der Waals surface area contributed by atoms with Crippen LogP contribution in [-0.2, 0) is 16.0 Å². The molecule has 0 saturated carbocycles. The highest BCUT2D eigenvalue weighted by Gasteiger charge is 2.22. The fourth-order valence-corrected chi connectivity index (χ4v) is 2.98. The number of aromatic nitrogens is 1. The molecule has 1 heterocycles. The largest absolute Gasteiger partial charge is 0.467 e. The van der Waals surface area contributed by atoms with Crippen LogP contribution in [0.4, 0.5) is 0 Å². The van der Waals surface area contributed by atoms with Crippen LogP contribution in [0.1, 0.15) is 28.8 Å². The van der Waals surface area contributed by atoms with Gasteiger partial charge in [0.25, 0.3) is 5.91 Å². The van der Waals surface area contributed by atoms with Crippen LogP contribution in [-0.4, -0.2) is 30.0 Å². The van der Waals surface area contributed by atoms with Crippen molar-refractivity contribution in [1.29, 1.82) is 0 Å². The first-order chi connectivity index (χ1) is 13.2. The third kappa shape index (κ3) is 4.91. The SMILES string of the molecule is COC(=O)[C@@H](CCCc1ccccc1)NC(=O)c1cnc2ccccc2c1. The molecule has 0 unspecified atom stereocenters. The molecular formula is C22H22N2O3. The first-order valence-corrected chi connectivity index (χ1v) is 8.95. The van der Waals surface area contributed by atoms with Crippen LogP contribution >= 0.6 is 0 Å². The number of para-hydroxylation sites is 1. The van der Waals surface area contributed by atoms with Gasteiger partial charge >= 0.3 is 5.97 Å². The minimum absolute atomic E-state index is 0.330. The maximum Gasteiger partial charge on any atom is 0.328 e. The average Bonchev–Trinajstić information content (AvgIpc) is 2.72. The smallest absolute Gasteiger partial charge is 0.328 e. The second-order valence-corrected chi connectivity index (χ2v) is 6.34. The van der Waals surface area contributed by atoms with Crippen molar-refractivity contribution in [3.05, 3.63) is 78.0 Å². The van der Waals surface area contributed by atoms with Gasteiger partial charge in [0.2, 0.25) is 0 Å². The van der Waals surface area contributed by atoms with Crippen molar-refractivity contribution in [2.75, 3.05) is 7.11 Å². The summed E-state index contributed by atoms with van der Waals surface area (Å²) in [4.78, 5) is 29.0. The number of fused-ring (bicyclic) bond motifs is 1. The maximum atomic E-state index is 12.6. The normalized spacial score (nSPS) is 11.7. The lowest BCUT2D eigenvalue weighted by molar-refractivity contribution is -0.143. The van der Waals surface area contributed by atoms with Gasteiger partial charge in [-0.1, -0.05) is 48.5 Å². The number of carbonyl (C=O) groups excluding carboxylic acids is 2. The molecule has 1 atom stereocenters. The molecule has 3 rings (SSSR count). The summed E-state index contributed by atoms with van der Waals surface area (Å²) >= 11 is 0. The highest BCUT2D eigenvalue weighted by atomic mass is 16.5. The number of benzene rings is 2. The van der Waals surface area contributed by atoms with Crippen LogP contribution in [0, 0.1) is 0 Å². The Morgan fingerprint density at radius 1 is 1.07 bits per heavy atom. The fraction of sp³-hybridized carbons (Fsp3) is 0.227. The van der Waals surface area contributed by atoms with Crippen LogP contribution in [0.3, 0.4) is 0 Å². The van der Waals surface area contributed by atoms with Crippen molar-refractivity contribution in [2.45, 2.75) is 25.3 Å². The van der Waals surface area contributed by atoms with Gasteiger partial charge in [0.15, 0.2) is 0 Å². The molecule has 5 nitrogen and oxygen atoms in total. The van der Waals surface area contributed by atoms with Gasteiger partial charge in [0, 0.05) is 11.6 Å². The van der Waals surface area contributed by atoms with Crippen LogP contribution in [0.5, 0.6) is 0 Å². The Balaban J connectivity index is 1.65. The molecule has 0 aliphatic heterocycles. The van der Waals surface area contributed by atoms with Gasteiger partial charge in [-0.05, 0) is 37.0 Å². The summed E-state index contributed by atoms with van der Waals surface area (Å²) in [6.45, 7) is 0. The van der Waals surface area contributed by atoms with E-state index in [2.05, 4.69) is 10.3 Å². The highest BCUT2D eigenvalue weighted by Crippen LogP contribution is 2.13. The number of esters is 1. The lowest BCUT2D eigenvalue weighted by Gasteiger charge is -2.16. The number of carbonyl (C=O) groups is 2. The number of methoxy groups -OCH3 is 1. The summed E-state index contributed by atoms with van der Waals surface area (Å²) in [6.07, 6.45) is 3.63. The van der Waals surface area contributed by atoms with E-state index in [1.165, 1.54) is 18.9 Å². The monoisotopic (exact) mass is 362 g/mol. The van der Waals surface area contributed by atoms with Gasteiger partial charge in [-0.15, -0.1) is 0 Å². The second kappa shape index (κ2) is 8.94. The Labute approximate surface area is 158 Å². The number of nitrogens with zero attached hydrogens (tertiary/aromatic N) is 1. The molecule has 0 fully saturated rings. The number of rotatable bonds is 7. The molecular weight excluding hydrogens is 340 g/mol. The number of hydrogen-bond donors (Lipinski definition) is 1. The van der Waals surface area contributed by atoms with Gasteiger partial charge in [0.1, 0.15) is 6.04 Å². The molecule has 1 aromatic heterocycles. The highest BCUT2D eigenvalue weighted by molar-refractivity contribution is 5.99. The van der Waals surface area contributed by atoms with Gasteiger partial charge in [-0.25, -0.2) is 4.79 Å². The van der Waals surface area contributed by atoms with E-state index in [-0.39, 0.29) is 5.91 Å². The number of aryl methyl sites for hydroxylation is 1. The Morgan fingerprint density at radius 3 is 2.59 bits per heavy atom. The Hall–Kier alpha value is -3.21. The molecule has 1 N–H and O–H groups in total. The molecule has 0 radical (unpaired) electrons.